The van der Waals surface area contributed by atoms with E-state index in [1.54, 1.807) is 0 Å². The molecule has 0 aromatic carbocycles. The van der Waals surface area contributed by atoms with Crippen LogP contribution >= 0.6 is 0 Å². The van der Waals surface area contributed by atoms with Crippen LogP contribution in [0.2, 0.25) is 0 Å². The number of rotatable bonds is 0. The molecule has 19 unspecified atom stereocenters. The Labute approximate surface area is 208 Å². The molecule has 0 aromatic heterocycles. The van der Waals surface area contributed by atoms with Gasteiger partial charge in [-0.25, -0.2) is 0 Å². The standard InChI is InChI=1S/C30H42O5/c31-16-9-15-8-13-4-3-12-5-7-28(34)26-21(12)20(13)22-19(15)17(11-16)24(32)18-10-14-2-1-6-29(27(28)33)25(14)30(26,35-29)23(18)22/h12-27,31-34H,1-11H2. The first kappa shape index (κ1) is 20.7. The first-order chi connectivity index (χ1) is 16.9. The molecule has 11 rings (SSSR count). The van der Waals surface area contributed by atoms with E-state index >= 15 is 0 Å². The molecule has 11 fully saturated rings. The average molecular weight is 483 g/mol. The zero-order valence-corrected chi connectivity index (χ0v) is 20.7. The Balaban J connectivity index is 1.24. The molecule has 9 saturated carbocycles. The second-order valence-electron chi connectivity index (χ2n) is 15.6. The van der Waals surface area contributed by atoms with E-state index in [9.17, 15) is 20.4 Å². The van der Waals surface area contributed by atoms with Crippen molar-refractivity contribution in [2.24, 2.45) is 76.9 Å². The van der Waals surface area contributed by atoms with Crippen molar-refractivity contribution in [3.8, 4) is 0 Å². The summed E-state index contributed by atoms with van der Waals surface area (Å²) in [5.41, 5.74) is -1.86. The van der Waals surface area contributed by atoms with Crippen LogP contribution in [0.3, 0.4) is 0 Å². The summed E-state index contributed by atoms with van der Waals surface area (Å²) in [6.07, 6.45) is 10.2. The predicted molar refractivity (Wildman–Crippen MR) is 126 cm³/mol. The fraction of sp³-hybridized carbons (Fsp3) is 1.00. The van der Waals surface area contributed by atoms with E-state index in [-0.39, 0.29) is 35.6 Å². The van der Waals surface area contributed by atoms with Crippen LogP contribution in [0.5, 0.6) is 0 Å². The third kappa shape index (κ3) is 1.91. The molecular formula is C30H42O5. The van der Waals surface area contributed by atoms with E-state index < -0.39 is 17.3 Å². The Morgan fingerprint density at radius 3 is 2.40 bits per heavy atom. The maximum absolute atomic E-state index is 12.5. The van der Waals surface area contributed by atoms with Crippen LogP contribution in [0.1, 0.15) is 70.6 Å². The molecule has 19 atom stereocenters. The molecule has 35 heavy (non-hydrogen) atoms. The highest BCUT2D eigenvalue weighted by Crippen LogP contribution is 2.84. The molecule has 2 spiro atoms. The fourth-order valence-electron chi connectivity index (χ4n) is 15.2. The zero-order valence-electron chi connectivity index (χ0n) is 20.7. The molecule has 2 heterocycles. The Morgan fingerprint density at radius 2 is 1.51 bits per heavy atom. The van der Waals surface area contributed by atoms with Crippen LogP contribution in [-0.4, -0.2) is 55.5 Å². The highest BCUT2D eigenvalue weighted by atomic mass is 16.6. The largest absolute Gasteiger partial charge is 0.393 e. The molecular weight excluding hydrogens is 440 g/mol. The maximum Gasteiger partial charge on any atom is 0.112 e. The average Bonchev–Trinajstić information content (AvgIpc) is 2.83. The van der Waals surface area contributed by atoms with Gasteiger partial charge in [-0.3, -0.25) is 0 Å². The van der Waals surface area contributed by atoms with E-state index in [4.69, 9.17) is 4.74 Å². The molecule has 9 aliphatic carbocycles. The lowest BCUT2D eigenvalue weighted by atomic mass is 9.24. The second kappa shape index (κ2) is 6.01. The number of hydrogen-bond donors (Lipinski definition) is 4. The molecule has 2 aliphatic heterocycles. The van der Waals surface area contributed by atoms with Crippen molar-refractivity contribution >= 4 is 0 Å². The lowest BCUT2D eigenvalue weighted by Crippen LogP contribution is -2.96. The van der Waals surface area contributed by atoms with Crippen molar-refractivity contribution in [1.29, 1.82) is 0 Å². The Bertz CT molecular complexity index is 1000. The van der Waals surface area contributed by atoms with Gasteiger partial charge in [0.15, 0.2) is 0 Å². The van der Waals surface area contributed by atoms with E-state index in [0.717, 1.165) is 44.9 Å². The third-order valence-electron chi connectivity index (χ3n) is 15.2. The lowest BCUT2D eigenvalue weighted by molar-refractivity contribution is -0.522. The van der Waals surface area contributed by atoms with Crippen LogP contribution in [-0.2, 0) is 4.74 Å². The van der Waals surface area contributed by atoms with Gasteiger partial charge in [0, 0.05) is 11.8 Å². The molecule has 0 amide bonds. The molecule has 2 saturated heterocycles. The molecule has 0 aromatic rings. The smallest absolute Gasteiger partial charge is 0.112 e. The highest BCUT2D eigenvalue weighted by Gasteiger charge is 2.90. The zero-order chi connectivity index (χ0) is 23.2. The molecule has 4 N–H and O–H groups in total. The topological polar surface area (TPSA) is 90.2 Å². The molecule has 0 radical (unpaired) electrons. The molecule has 192 valence electrons. The van der Waals surface area contributed by atoms with Gasteiger partial charge in [0.2, 0.25) is 0 Å². The lowest BCUT2D eigenvalue weighted by Gasteiger charge is -2.88. The van der Waals surface area contributed by atoms with Crippen LogP contribution in [0.25, 0.3) is 0 Å². The second-order valence-corrected chi connectivity index (χ2v) is 15.6. The molecule has 5 heteroatoms. The van der Waals surface area contributed by atoms with Gasteiger partial charge in [-0.15, -0.1) is 0 Å². The third-order valence-corrected chi connectivity index (χ3v) is 15.2. The minimum absolute atomic E-state index is 0.0579. The monoisotopic (exact) mass is 482 g/mol. The first-order valence-corrected chi connectivity index (χ1v) is 15.4. The van der Waals surface area contributed by atoms with Gasteiger partial charge in [0.1, 0.15) is 11.7 Å². The van der Waals surface area contributed by atoms with Crippen molar-refractivity contribution in [3.05, 3.63) is 0 Å². The number of aliphatic hydroxyl groups excluding tert-OH is 3. The van der Waals surface area contributed by atoms with E-state index in [1.807, 2.05) is 0 Å². The van der Waals surface area contributed by atoms with Crippen LogP contribution in [0, 0.1) is 76.9 Å². The number of hydrogen-bond acceptors (Lipinski definition) is 5. The summed E-state index contributed by atoms with van der Waals surface area (Å²) in [5.74, 6) is 5.88. The van der Waals surface area contributed by atoms with Gasteiger partial charge >= 0.3 is 0 Å². The van der Waals surface area contributed by atoms with Gasteiger partial charge in [0.25, 0.3) is 0 Å². The fourth-order valence-corrected chi connectivity index (χ4v) is 15.2. The van der Waals surface area contributed by atoms with Crippen molar-refractivity contribution in [2.75, 3.05) is 0 Å². The summed E-state index contributed by atoms with van der Waals surface area (Å²) in [7, 11) is 0. The predicted octanol–water partition coefficient (Wildman–Crippen LogP) is 2.73. The van der Waals surface area contributed by atoms with Crippen LogP contribution < -0.4 is 0 Å². The summed E-state index contributed by atoms with van der Waals surface area (Å²) in [6, 6.07) is 0. The molecule has 2 bridgehead atoms. The highest BCUT2D eigenvalue weighted by molar-refractivity contribution is 5.38. The van der Waals surface area contributed by atoms with E-state index in [0.29, 0.717) is 59.2 Å². The molecule has 11 aliphatic rings. The van der Waals surface area contributed by atoms with Gasteiger partial charge in [-0.2, -0.15) is 0 Å². The normalized spacial score (nSPS) is 74.4. The summed E-state index contributed by atoms with van der Waals surface area (Å²) in [5, 5.41) is 47.5. The van der Waals surface area contributed by atoms with Crippen molar-refractivity contribution in [2.45, 2.75) is 106 Å². The SMILES string of the molecule is OC1CC2CC3CCC4CCC5(O)C(O)C67CCCC8CC9C(O)C(C1)C2C1C3C4C5C(O6)(C91)C87. The van der Waals surface area contributed by atoms with E-state index in [2.05, 4.69) is 0 Å². The first-order valence-electron chi connectivity index (χ1n) is 15.4. The van der Waals surface area contributed by atoms with Gasteiger partial charge in [0.05, 0.1) is 23.4 Å². The van der Waals surface area contributed by atoms with Gasteiger partial charge in [-0.05, 0) is 129 Å². The summed E-state index contributed by atoms with van der Waals surface area (Å²) in [6.45, 7) is 0. The van der Waals surface area contributed by atoms with Crippen molar-refractivity contribution < 1.29 is 25.2 Å². The summed E-state index contributed by atoms with van der Waals surface area (Å²) < 4.78 is 7.34. The Kier molecular flexibility index (Phi) is 3.56. The van der Waals surface area contributed by atoms with E-state index in [1.165, 1.54) is 25.7 Å². The number of aliphatic hydroxyl groups is 4. The summed E-state index contributed by atoms with van der Waals surface area (Å²) in [4.78, 5) is 0. The van der Waals surface area contributed by atoms with Crippen LogP contribution in [0.4, 0.5) is 0 Å². The Hall–Kier alpha value is -0.200. The van der Waals surface area contributed by atoms with Crippen molar-refractivity contribution in [1.82, 2.24) is 0 Å². The number of ether oxygens (including phenoxy) is 1. The van der Waals surface area contributed by atoms with Crippen molar-refractivity contribution in [3.63, 3.8) is 0 Å². The Morgan fingerprint density at radius 1 is 0.657 bits per heavy atom. The van der Waals surface area contributed by atoms with Crippen LogP contribution in [0.15, 0.2) is 0 Å². The minimum Gasteiger partial charge on any atom is -0.393 e. The minimum atomic E-state index is -1.01. The molecule has 5 nitrogen and oxygen atoms in total. The quantitative estimate of drug-likeness (QED) is 0.426. The van der Waals surface area contributed by atoms with Gasteiger partial charge < -0.3 is 25.2 Å². The summed E-state index contributed by atoms with van der Waals surface area (Å²) >= 11 is 0. The maximum atomic E-state index is 12.5. The van der Waals surface area contributed by atoms with Gasteiger partial charge in [-0.1, -0.05) is 6.42 Å².